The van der Waals surface area contributed by atoms with E-state index >= 15 is 0 Å². The molecule has 3 aromatic carbocycles. The van der Waals surface area contributed by atoms with Crippen molar-refractivity contribution in [3.05, 3.63) is 94.3 Å². The fraction of sp³-hybridized carbons (Fsp3) is 0.222. The largest absolute Gasteiger partial charge is 0.456 e. The molecule has 4 heteroatoms. The first-order chi connectivity index (χ1) is 14.6. The normalized spacial score (nSPS) is 11.5. The molecule has 0 heterocycles. The van der Waals surface area contributed by atoms with Gasteiger partial charge in [0.2, 0.25) is 0 Å². The fourth-order valence-corrected chi connectivity index (χ4v) is 3.03. The second kappa shape index (κ2) is 9.17. The smallest absolute Gasteiger partial charge is 0.340 e. The van der Waals surface area contributed by atoms with Crippen LogP contribution in [0.5, 0.6) is 0 Å². The standard InChI is InChI=1S/C27H28FNO2/c1-18-6-7-20(16-19(18)2)8-9-21-10-15-24(26(30)31-27(3,4)5)25(17-21)29-23-13-11-22(28)12-14-23/h6-17,29H,1-5H3/b9-8+. The van der Waals surface area contributed by atoms with Crippen molar-refractivity contribution < 1.29 is 13.9 Å². The molecule has 0 spiro atoms. The minimum atomic E-state index is -0.605. The molecule has 0 saturated heterocycles. The van der Waals surface area contributed by atoms with Gasteiger partial charge in [0.05, 0.1) is 11.3 Å². The lowest BCUT2D eigenvalue weighted by atomic mass is 10.0. The Balaban J connectivity index is 1.94. The van der Waals surface area contributed by atoms with Gasteiger partial charge >= 0.3 is 5.97 Å². The molecule has 31 heavy (non-hydrogen) atoms. The first kappa shape index (κ1) is 22.3. The average molecular weight is 418 g/mol. The SMILES string of the molecule is Cc1ccc(/C=C/c2ccc(C(=O)OC(C)(C)C)c(Nc3ccc(F)cc3)c2)cc1C. The maximum atomic E-state index is 13.3. The molecule has 3 nitrogen and oxygen atoms in total. The number of halogens is 1. The van der Waals surface area contributed by atoms with Crippen molar-refractivity contribution in [2.24, 2.45) is 0 Å². The fourth-order valence-electron chi connectivity index (χ4n) is 3.03. The highest BCUT2D eigenvalue weighted by Gasteiger charge is 2.20. The molecular formula is C27H28FNO2. The predicted molar refractivity (Wildman–Crippen MR) is 126 cm³/mol. The molecule has 3 aromatic rings. The molecular weight excluding hydrogens is 389 g/mol. The zero-order valence-electron chi connectivity index (χ0n) is 18.6. The molecule has 0 aliphatic rings. The van der Waals surface area contributed by atoms with Crippen LogP contribution in [-0.4, -0.2) is 11.6 Å². The van der Waals surface area contributed by atoms with Crippen molar-refractivity contribution in [2.45, 2.75) is 40.2 Å². The Labute approximate surface area is 183 Å². The Bertz CT molecular complexity index is 1110. The number of carbonyl (C=O) groups is 1. The summed E-state index contributed by atoms with van der Waals surface area (Å²) in [5.41, 5.74) is 5.62. The molecule has 0 bridgehead atoms. The molecule has 0 atom stereocenters. The number of nitrogens with one attached hydrogen (secondary N) is 1. The summed E-state index contributed by atoms with van der Waals surface area (Å²) in [4.78, 5) is 12.7. The number of hydrogen-bond donors (Lipinski definition) is 1. The van der Waals surface area contributed by atoms with Gasteiger partial charge in [0.25, 0.3) is 0 Å². The van der Waals surface area contributed by atoms with Gasteiger partial charge in [-0.2, -0.15) is 0 Å². The van der Waals surface area contributed by atoms with Crippen LogP contribution in [0.2, 0.25) is 0 Å². The van der Waals surface area contributed by atoms with Crippen LogP contribution in [-0.2, 0) is 4.74 Å². The number of benzene rings is 3. The molecule has 0 saturated carbocycles. The molecule has 0 aromatic heterocycles. The third-order valence-corrected chi connectivity index (χ3v) is 4.78. The van der Waals surface area contributed by atoms with E-state index in [1.807, 2.05) is 45.1 Å². The van der Waals surface area contributed by atoms with Crippen molar-refractivity contribution in [2.75, 3.05) is 5.32 Å². The molecule has 0 unspecified atom stereocenters. The second-order valence-electron chi connectivity index (χ2n) is 8.62. The number of anilines is 2. The van der Waals surface area contributed by atoms with Gasteiger partial charge < -0.3 is 10.1 Å². The summed E-state index contributed by atoms with van der Waals surface area (Å²) >= 11 is 0. The molecule has 0 aliphatic heterocycles. The van der Waals surface area contributed by atoms with Crippen LogP contribution in [0.1, 0.15) is 53.4 Å². The highest BCUT2D eigenvalue weighted by atomic mass is 19.1. The highest BCUT2D eigenvalue weighted by Crippen LogP contribution is 2.26. The van der Waals surface area contributed by atoms with Gasteiger partial charge in [-0.25, -0.2) is 9.18 Å². The molecule has 0 aliphatic carbocycles. The van der Waals surface area contributed by atoms with E-state index in [1.165, 1.54) is 23.3 Å². The van der Waals surface area contributed by atoms with Crippen molar-refractivity contribution in [1.82, 2.24) is 0 Å². The number of hydrogen-bond acceptors (Lipinski definition) is 3. The summed E-state index contributed by atoms with van der Waals surface area (Å²) in [5.74, 6) is -0.732. The summed E-state index contributed by atoms with van der Waals surface area (Å²) in [6.45, 7) is 9.68. The number of ether oxygens (including phenoxy) is 1. The van der Waals surface area contributed by atoms with E-state index < -0.39 is 11.6 Å². The van der Waals surface area contributed by atoms with Crippen molar-refractivity contribution in [1.29, 1.82) is 0 Å². The Morgan fingerprint density at radius 3 is 2.10 bits per heavy atom. The van der Waals surface area contributed by atoms with E-state index in [-0.39, 0.29) is 5.82 Å². The van der Waals surface area contributed by atoms with Gasteiger partial charge in [0.1, 0.15) is 11.4 Å². The Morgan fingerprint density at radius 2 is 1.48 bits per heavy atom. The van der Waals surface area contributed by atoms with Gasteiger partial charge in [-0.15, -0.1) is 0 Å². The summed E-state index contributed by atoms with van der Waals surface area (Å²) in [6.07, 6.45) is 4.04. The van der Waals surface area contributed by atoms with Crippen LogP contribution < -0.4 is 5.32 Å². The van der Waals surface area contributed by atoms with E-state index in [9.17, 15) is 9.18 Å². The maximum absolute atomic E-state index is 13.3. The monoisotopic (exact) mass is 417 g/mol. The van der Waals surface area contributed by atoms with Gasteiger partial charge in [0, 0.05) is 5.69 Å². The Hall–Kier alpha value is -3.40. The topological polar surface area (TPSA) is 38.3 Å². The van der Waals surface area contributed by atoms with Gasteiger partial charge in [-0.05, 0) is 93.3 Å². The summed E-state index contributed by atoms with van der Waals surface area (Å²) < 4.78 is 18.8. The summed E-state index contributed by atoms with van der Waals surface area (Å²) in [7, 11) is 0. The Kier molecular flexibility index (Phi) is 6.59. The summed E-state index contributed by atoms with van der Waals surface area (Å²) in [6, 6.07) is 17.8. The third-order valence-electron chi connectivity index (χ3n) is 4.78. The molecule has 0 amide bonds. The lowest BCUT2D eigenvalue weighted by Crippen LogP contribution is -2.24. The number of aryl methyl sites for hydroxylation is 2. The third kappa shape index (κ3) is 6.29. The van der Waals surface area contributed by atoms with Crippen LogP contribution in [0.15, 0.2) is 60.7 Å². The first-order valence-electron chi connectivity index (χ1n) is 10.3. The molecule has 3 rings (SSSR count). The van der Waals surface area contributed by atoms with E-state index in [0.717, 1.165) is 11.1 Å². The van der Waals surface area contributed by atoms with E-state index in [4.69, 9.17) is 4.74 Å². The lowest BCUT2D eigenvalue weighted by molar-refractivity contribution is 0.00707. The zero-order valence-corrected chi connectivity index (χ0v) is 18.6. The van der Waals surface area contributed by atoms with Crippen LogP contribution in [0.25, 0.3) is 12.2 Å². The van der Waals surface area contributed by atoms with Gasteiger partial charge in [0.15, 0.2) is 0 Å². The lowest BCUT2D eigenvalue weighted by Gasteiger charge is -2.21. The van der Waals surface area contributed by atoms with E-state index in [1.54, 1.807) is 18.2 Å². The van der Waals surface area contributed by atoms with Crippen LogP contribution >= 0.6 is 0 Å². The molecule has 160 valence electrons. The zero-order chi connectivity index (χ0) is 22.6. The van der Waals surface area contributed by atoms with E-state index in [0.29, 0.717) is 16.9 Å². The van der Waals surface area contributed by atoms with Crippen molar-refractivity contribution in [3.63, 3.8) is 0 Å². The predicted octanol–water partition coefficient (Wildman–Crippen LogP) is 7.31. The molecule has 0 fully saturated rings. The maximum Gasteiger partial charge on any atom is 0.340 e. The van der Waals surface area contributed by atoms with Gasteiger partial charge in [-0.3, -0.25) is 0 Å². The van der Waals surface area contributed by atoms with Crippen molar-refractivity contribution in [3.8, 4) is 0 Å². The molecule has 0 radical (unpaired) electrons. The molecule has 1 N–H and O–H groups in total. The minimum Gasteiger partial charge on any atom is -0.456 e. The van der Waals surface area contributed by atoms with Crippen LogP contribution in [0.4, 0.5) is 15.8 Å². The van der Waals surface area contributed by atoms with Crippen LogP contribution in [0.3, 0.4) is 0 Å². The van der Waals surface area contributed by atoms with Crippen molar-refractivity contribution >= 4 is 29.5 Å². The average Bonchev–Trinajstić information content (AvgIpc) is 2.69. The van der Waals surface area contributed by atoms with Crippen LogP contribution in [0, 0.1) is 19.7 Å². The number of rotatable bonds is 5. The van der Waals surface area contributed by atoms with Gasteiger partial charge in [-0.1, -0.05) is 36.4 Å². The minimum absolute atomic E-state index is 0.317. The highest BCUT2D eigenvalue weighted by molar-refractivity contribution is 5.97. The Morgan fingerprint density at radius 1 is 0.871 bits per heavy atom. The summed E-state index contributed by atoms with van der Waals surface area (Å²) in [5, 5.41) is 3.22. The van der Waals surface area contributed by atoms with E-state index in [2.05, 4.69) is 37.4 Å². The first-order valence-corrected chi connectivity index (χ1v) is 10.3. The number of esters is 1. The number of carbonyl (C=O) groups excluding carboxylic acids is 1. The quantitative estimate of drug-likeness (QED) is 0.349. The second-order valence-corrected chi connectivity index (χ2v) is 8.62.